The van der Waals surface area contributed by atoms with Crippen molar-refractivity contribution in [3.05, 3.63) is 71.8 Å². The monoisotopic (exact) mass is 350 g/mol. The summed E-state index contributed by atoms with van der Waals surface area (Å²) in [6.07, 6.45) is 4.43. The number of amides is 1. The molecule has 0 radical (unpaired) electrons. The number of benzene rings is 2. The van der Waals surface area contributed by atoms with E-state index in [9.17, 15) is 4.79 Å². The molecule has 1 heterocycles. The van der Waals surface area contributed by atoms with Gasteiger partial charge in [0.15, 0.2) is 5.17 Å². The summed E-state index contributed by atoms with van der Waals surface area (Å²) in [6, 6.07) is 18.1. The van der Waals surface area contributed by atoms with E-state index in [2.05, 4.69) is 6.92 Å². The van der Waals surface area contributed by atoms with E-state index in [-0.39, 0.29) is 11.9 Å². The van der Waals surface area contributed by atoms with Gasteiger partial charge >= 0.3 is 0 Å². The molecule has 1 saturated heterocycles. The van der Waals surface area contributed by atoms with Crippen LogP contribution in [0.4, 0.5) is 5.69 Å². The van der Waals surface area contributed by atoms with Gasteiger partial charge in [0.25, 0.3) is 5.91 Å². The Labute approximate surface area is 153 Å². The van der Waals surface area contributed by atoms with Gasteiger partial charge in [0.1, 0.15) is 0 Å². The molecule has 0 aliphatic carbocycles. The van der Waals surface area contributed by atoms with Crippen LogP contribution in [0, 0.1) is 6.92 Å². The molecule has 2 aromatic carbocycles. The van der Waals surface area contributed by atoms with Gasteiger partial charge in [-0.1, -0.05) is 61.2 Å². The Bertz CT molecular complexity index is 799. The van der Waals surface area contributed by atoms with Crippen molar-refractivity contribution in [1.82, 2.24) is 4.90 Å². The van der Waals surface area contributed by atoms with Gasteiger partial charge < -0.3 is 0 Å². The third-order valence-electron chi connectivity index (χ3n) is 4.13. The molecule has 0 spiro atoms. The SMILES string of the molecule is CC[C@H]1CSC(=Nc2cccc(C)c2)N1C(=O)/C=C/c1ccccc1. The maximum absolute atomic E-state index is 12.8. The standard InChI is InChI=1S/C21H22N2OS/c1-3-19-15-25-21(22-18-11-7-8-16(2)14-18)23(19)20(24)13-12-17-9-5-4-6-10-17/h4-14,19H,3,15H2,1-2H3/b13-12+,22-21?/t19-/m0/s1. The Morgan fingerprint density at radius 1 is 1.24 bits per heavy atom. The molecule has 1 aliphatic rings. The highest BCUT2D eigenvalue weighted by Crippen LogP contribution is 2.29. The molecule has 3 nitrogen and oxygen atoms in total. The molecule has 3 rings (SSSR count). The van der Waals surface area contributed by atoms with Crippen molar-refractivity contribution in [2.24, 2.45) is 4.99 Å². The smallest absolute Gasteiger partial charge is 0.252 e. The second-order valence-corrected chi connectivity index (χ2v) is 7.05. The summed E-state index contributed by atoms with van der Waals surface area (Å²) < 4.78 is 0. The highest BCUT2D eigenvalue weighted by molar-refractivity contribution is 8.14. The fraction of sp³-hybridized carbons (Fsp3) is 0.238. The predicted molar refractivity (Wildman–Crippen MR) is 107 cm³/mol. The number of thioether (sulfide) groups is 1. The van der Waals surface area contributed by atoms with Crippen LogP contribution in [0.1, 0.15) is 24.5 Å². The fourth-order valence-electron chi connectivity index (χ4n) is 2.75. The van der Waals surface area contributed by atoms with Gasteiger partial charge in [-0.25, -0.2) is 4.99 Å². The first-order valence-corrected chi connectivity index (χ1v) is 9.50. The number of amidine groups is 1. The van der Waals surface area contributed by atoms with E-state index < -0.39 is 0 Å². The van der Waals surface area contributed by atoms with Crippen LogP contribution < -0.4 is 0 Å². The van der Waals surface area contributed by atoms with E-state index in [4.69, 9.17) is 4.99 Å². The van der Waals surface area contributed by atoms with E-state index in [0.717, 1.165) is 28.6 Å². The number of aryl methyl sites for hydroxylation is 1. The normalized spacial score (nSPS) is 19.0. The summed E-state index contributed by atoms with van der Waals surface area (Å²) >= 11 is 1.66. The number of carbonyl (C=O) groups excluding carboxylic acids is 1. The van der Waals surface area contributed by atoms with Crippen LogP contribution in [0.25, 0.3) is 6.08 Å². The average molecular weight is 350 g/mol. The van der Waals surface area contributed by atoms with Gasteiger partial charge in [-0.05, 0) is 42.7 Å². The molecule has 1 amide bonds. The zero-order valence-corrected chi connectivity index (χ0v) is 15.4. The Balaban J connectivity index is 1.84. The van der Waals surface area contributed by atoms with E-state index in [0.29, 0.717) is 0 Å². The van der Waals surface area contributed by atoms with Crippen LogP contribution in [0.3, 0.4) is 0 Å². The fourth-order valence-corrected chi connectivity index (χ4v) is 4.03. The first-order chi connectivity index (χ1) is 12.2. The lowest BCUT2D eigenvalue weighted by Crippen LogP contribution is -2.37. The van der Waals surface area contributed by atoms with E-state index in [1.807, 2.05) is 72.5 Å². The number of nitrogens with zero attached hydrogens (tertiary/aromatic N) is 2. The van der Waals surface area contributed by atoms with Gasteiger partial charge in [0, 0.05) is 17.9 Å². The van der Waals surface area contributed by atoms with E-state index in [1.54, 1.807) is 17.8 Å². The highest BCUT2D eigenvalue weighted by Gasteiger charge is 2.32. The minimum Gasteiger partial charge on any atom is -0.284 e. The Morgan fingerprint density at radius 2 is 2.04 bits per heavy atom. The number of rotatable bonds is 4. The summed E-state index contributed by atoms with van der Waals surface area (Å²) in [5.41, 5.74) is 3.08. The van der Waals surface area contributed by atoms with Crippen LogP contribution in [0.2, 0.25) is 0 Å². The van der Waals surface area contributed by atoms with Crippen LogP contribution in [0.5, 0.6) is 0 Å². The molecular formula is C21H22N2OS. The quantitative estimate of drug-likeness (QED) is 0.723. The van der Waals surface area contributed by atoms with Crippen LogP contribution in [-0.4, -0.2) is 27.8 Å². The third kappa shape index (κ3) is 4.40. The summed E-state index contributed by atoms with van der Waals surface area (Å²) in [5.74, 6) is 0.888. The lowest BCUT2D eigenvalue weighted by molar-refractivity contribution is -0.123. The maximum atomic E-state index is 12.8. The summed E-state index contributed by atoms with van der Waals surface area (Å²) in [5, 5.41) is 0.792. The molecule has 0 aromatic heterocycles. The number of hydrogen-bond donors (Lipinski definition) is 0. The molecule has 2 aromatic rings. The van der Waals surface area contributed by atoms with Gasteiger partial charge in [0.05, 0.1) is 5.69 Å². The first kappa shape index (κ1) is 17.5. The zero-order valence-electron chi connectivity index (χ0n) is 14.6. The van der Waals surface area contributed by atoms with Gasteiger partial charge in [-0.2, -0.15) is 0 Å². The third-order valence-corrected chi connectivity index (χ3v) is 5.23. The molecule has 0 bridgehead atoms. The summed E-state index contributed by atoms with van der Waals surface area (Å²) in [4.78, 5) is 19.4. The van der Waals surface area contributed by atoms with Crippen LogP contribution >= 0.6 is 11.8 Å². The van der Waals surface area contributed by atoms with Crippen molar-refractivity contribution in [2.75, 3.05) is 5.75 Å². The average Bonchev–Trinajstić information content (AvgIpc) is 3.03. The molecule has 1 fully saturated rings. The minimum atomic E-state index is -0.00731. The maximum Gasteiger partial charge on any atom is 0.252 e. The minimum absolute atomic E-state index is 0.00731. The highest BCUT2D eigenvalue weighted by atomic mass is 32.2. The van der Waals surface area contributed by atoms with Crippen molar-refractivity contribution in [3.8, 4) is 0 Å². The molecule has 4 heteroatoms. The van der Waals surface area contributed by atoms with Crippen molar-refractivity contribution in [1.29, 1.82) is 0 Å². The van der Waals surface area contributed by atoms with E-state index >= 15 is 0 Å². The summed E-state index contributed by atoms with van der Waals surface area (Å²) in [6.45, 7) is 4.16. The molecule has 25 heavy (non-hydrogen) atoms. The van der Waals surface area contributed by atoms with Crippen molar-refractivity contribution in [3.63, 3.8) is 0 Å². The molecule has 0 N–H and O–H groups in total. The Kier molecular flexibility index (Phi) is 5.71. The second kappa shape index (κ2) is 8.17. The predicted octanol–water partition coefficient (Wildman–Crippen LogP) is 5.05. The van der Waals surface area contributed by atoms with Crippen LogP contribution in [-0.2, 0) is 4.79 Å². The van der Waals surface area contributed by atoms with Crippen molar-refractivity contribution >= 4 is 34.6 Å². The van der Waals surface area contributed by atoms with E-state index in [1.165, 1.54) is 5.56 Å². The largest absolute Gasteiger partial charge is 0.284 e. The van der Waals surface area contributed by atoms with Crippen molar-refractivity contribution in [2.45, 2.75) is 26.3 Å². The first-order valence-electron chi connectivity index (χ1n) is 8.52. The molecule has 0 unspecified atom stereocenters. The van der Waals surface area contributed by atoms with Gasteiger partial charge in [-0.3, -0.25) is 9.69 Å². The Hall–Kier alpha value is -2.33. The zero-order chi connectivity index (χ0) is 17.6. The lowest BCUT2D eigenvalue weighted by Gasteiger charge is -2.21. The second-order valence-electron chi connectivity index (χ2n) is 6.06. The molecular weight excluding hydrogens is 328 g/mol. The topological polar surface area (TPSA) is 32.7 Å². The summed E-state index contributed by atoms with van der Waals surface area (Å²) in [7, 11) is 0. The molecule has 0 saturated carbocycles. The number of aliphatic imine (C=N–C) groups is 1. The molecule has 1 atom stereocenters. The molecule has 1 aliphatic heterocycles. The lowest BCUT2D eigenvalue weighted by atomic mass is 10.2. The number of hydrogen-bond acceptors (Lipinski definition) is 3. The van der Waals surface area contributed by atoms with Crippen LogP contribution in [0.15, 0.2) is 65.7 Å². The Morgan fingerprint density at radius 3 is 2.76 bits per heavy atom. The van der Waals surface area contributed by atoms with Crippen molar-refractivity contribution < 1.29 is 4.79 Å². The van der Waals surface area contributed by atoms with Gasteiger partial charge in [-0.15, -0.1) is 0 Å². The molecule has 128 valence electrons. The van der Waals surface area contributed by atoms with Gasteiger partial charge in [0.2, 0.25) is 0 Å². The number of carbonyl (C=O) groups is 1.